The lowest BCUT2D eigenvalue weighted by molar-refractivity contribution is 0.599. The van der Waals surface area contributed by atoms with Gasteiger partial charge in [-0.05, 0) is 31.9 Å². The van der Waals surface area contributed by atoms with E-state index < -0.39 is 0 Å². The van der Waals surface area contributed by atoms with Gasteiger partial charge in [-0.1, -0.05) is 15.9 Å². The van der Waals surface area contributed by atoms with E-state index in [0.29, 0.717) is 6.04 Å². The topological polar surface area (TPSA) is 29.0 Å². The summed E-state index contributed by atoms with van der Waals surface area (Å²) >= 11 is 5.18. The Bertz CT molecular complexity index is 361. The van der Waals surface area contributed by atoms with Gasteiger partial charge < -0.3 is 4.90 Å². The van der Waals surface area contributed by atoms with Crippen molar-refractivity contribution in [3.63, 3.8) is 0 Å². The molecule has 0 spiro atoms. The highest BCUT2D eigenvalue weighted by atomic mass is 79.9. The fourth-order valence-electron chi connectivity index (χ4n) is 2.35. The molecule has 0 radical (unpaired) electrons. The summed E-state index contributed by atoms with van der Waals surface area (Å²) in [5.41, 5.74) is 0. The summed E-state index contributed by atoms with van der Waals surface area (Å²) in [6.45, 7) is 1.14. The van der Waals surface area contributed by atoms with Crippen LogP contribution in [0.4, 0.5) is 5.82 Å². The first-order valence-corrected chi connectivity index (χ1v) is 8.38. The second-order valence-corrected chi connectivity index (χ2v) is 5.86. The highest BCUT2D eigenvalue weighted by molar-refractivity contribution is 9.09. The standard InChI is InChI=1S/C12H18BrN3S/c1-17-12-8-11(14-9-15-12)16-7-3-5-10(16)4-2-6-13/h8-10H,2-7H2,1H3. The summed E-state index contributed by atoms with van der Waals surface area (Å²) in [6.07, 6.45) is 8.81. The van der Waals surface area contributed by atoms with Gasteiger partial charge in [-0.3, -0.25) is 0 Å². The largest absolute Gasteiger partial charge is 0.354 e. The molecule has 3 nitrogen and oxygen atoms in total. The highest BCUT2D eigenvalue weighted by Crippen LogP contribution is 2.28. The summed E-state index contributed by atoms with van der Waals surface area (Å²) in [4.78, 5) is 11.1. The molecule has 1 atom stereocenters. The lowest BCUT2D eigenvalue weighted by atomic mass is 10.1. The first-order chi connectivity index (χ1) is 8.35. The maximum absolute atomic E-state index is 4.42. The normalized spacial score (nSPS) is 19.9. The van der Waals surface area contributed by atoms with Crippen LogP contribution in [0.25, 0.3) is 0 Å². The molecule has 17 heavy (non-hydrogen) atoms. The van der Waals surface area contributed by atoms with Gasteiger partial charge in [0.25, 0.3) is 0 Å². The van der Waals surface area contributed by atoms with E-state index in [4.69, 9.17) is 0 Å². The van der Waals surface area contributed by atoms with E-state index in [1.165, 1.54) is 25.7 Å². The third-order valence-electron chi connectivity index (χ3n) is 3.18. The van der Waals surface area contributed by atoms with Crippen LogP contribution in [-0.4, -0.2) is 34.1 Å². The molecule has 0 aromatic carbocycles. The molecule has 0 N–H and O–H groups in total. The first-order valence-electron chi connectivity index (χ1n) is 6.04. The SMILES string of the molecule is CSc1cc(N2CCCC2CCCBr)ncn1. The molecule has 0 bridgehead atoms. The minimum atomic E-state index is 0.664. The zero-order chi connectivity index (χ0) is 12.1. The van der Waals surface area contributed by atoms with Crippen LogP contribution < -0.4 is 4.90 Å². The van der Waals surface area contributed by atoms with E-state index >= 15 is 0 Å². The Kier molecular flexibility index (Phi) is 5.10. The Morgan fingerprint density at radius 3 is 3.18 bits per heavy atom. The summed E-state index contributed by atoms with van der Waals surface area (Å²) in [7, 11) is 0. The zero-order valence-corrected chi connectivity index (χ0v) is 12.5. The molecule has 1 unspecified atom stereocenters. The molecule has 2 rings (SSSR count). The van der Waals surface area contributed by atoms with Crippen molar-refractivity contribution in [1.29, 1.82) is 0 Å². The third-order valence-corrected chi connectivity index (χ3v) is 4.38. The molecule has 1 fully saturated rings. The van der Waals surface area contributed by atoms with Crippen LogP contribution in [0, 0.1) is 0 Å². The minimum Gasteiger partial charge on any atom is -0.354 e. The number of hydrogen-bond donors (Lipinski definition) is 0. The summed E-state index contributed by atoms with van der Waals surface area (Å²) in [6, 6.07) is 2.77. The summed E-state index contributed by atoms with van der Waals surface area (Å²) in [5.74, 6) is 1.10. The Hall–Kier alpha value is -0.290. The molecule has 0 aliphatic carbocycles. The molecule has 1 saturated heterocycles. The van der Waals surface area contributed by atoms with Gasteiger partial charge in [-0.15, -0.1) is 11.8 Å². The first kappa shape index (κ1) is 13.1. The van der Waals surface area contributed by atoms with Crippen molar-refractivity contribution >= 4 is 33.5 Å². The van der Waals surface area contributed by atoms with Crippen molar-refractivity contribution in [2.24, 2.45) is 0 Å². The number of aromatic nitrogens is 2. The van der Waals surface area contributed by atoms with E-state index in [0.717, 1.165) is 22.7 Å². The van der Waals surface area contributed by atoms with E-state index in [2.05, 4.69) is 43.1 Å². The van der Waals surface area contributed by atoms with Gasteiger partial charge in [0.2, 0.25) is 0 Å². The quantitative estimate of drug-likeness (QED) is 0.473. The molecule has 2 heterocycles. The fraction of sp³-hybridized carbons (Fsp3) is 0.667. The van der Waals surface area contributed by atoms with Crippen LogP contribution in [-0.2, 0) is 0 Å². The molecular formula is C12H18BrN3S. The monoisotopic (exact) mass is 315 g/mol. The maximum atomic E-state index is 4.42. The number of thioether (sulfide) groups is 1. The molecular weight excluding hydrogens is 298 g/mol. The van der Waals surface area contributed by atoms with Gasteiger partial charge in [0, 0.05) is 24.0 Å². The summed E-state index contributed by atoms with van der Waals surface area (Å²) < 4.78 is 0. The van der Waals surface area contributed by atoms with Crippen molar-refractivity contribution in [3.05, 3.63) is 12.4 Å². The van der Waals surface area contributed by atoms with Gasteiger partial charge in [0.1, 0.15) is 17.2 Å². The third kappa shape index (κ3) is 3.35. The van der Waals surface area contributed by atoms with Crippen LogP contribution >= 0.6 is 27.7 Å². The van der Waals surface area contributed by atoms with Crippen molar-refractivity contribution in [1.82, 2.24) is 9.97 Å². The van der Waals surface area contributed by atoms with Crippen molar-refractivity contribution in [2.45, 2.75) is 36.8 Å². The molecule has 0 amide bonds. The number of anilines is 1. The smallest absolute Gasteiger partial charge is 0.133 e. The highest BCUT2D eigenvalue weighted by Gasteiger charge is 2.25. The van der Waals surface area contributed by atoms with Crippen molar-refractivity contribution < 1.29 is 0 Å². The Morgan fingerprint density at radius 2 is 2.41 bits per heavy atom. The van der Waals surface area contributed by atoms with Crippen LogP contribution in [0.3, 0.4) is 0 Å². The number of hydrogen-bond acceptors (Lipinski definition) is 4. The molecule has 5 heteroatoms. The maximum Gasteiger partial charge on any atom is 0.133 e. The van der Waals surface area contributed by atoms with Gasteiger partial charge in [-0.25, -0.2) is 9.97 Å². The van der Waals surface area contributed by atoms with E-state index in [1.807, 2.05) is 0 Å². The number of nitrogens with zero attached hydrogens (tertiary/aromatic N) is 3. The van der Waals surface area contributed by atoms with Gasteiger partial charge in [0.05, 0.1) is 0 Å². The number of rotatable bonds is 5. The van der Waals surface area contributed by atoms with E-state index in [-0.39, 0.29) is 0 Å². The molecule has 1 aliphatic heterocycles. The predicted molar refractivity (Wildman–Crippen MR) is 77.2 cm³/mol. The molecule has 1 aromatic heterocycles. The molecule has 94 valence electrons. The van der Waals surface area contributed by atoms with Crippen LogP contribution in [0.1, 0.15) is 25.7 Å². The molecule has 1 aromatic rings. The second-order valence-electron chi connectivity index (χ2n) is 4.24. The van der Waals surface area contributed by atoms with E-state index in [1.54, 1.807) is 18.1 Å². The molecule has 0 saturated carbocycles. The van der Waals surface area contributed by atoms with E-state index in [9.17, 15) is 0 Å². The average molecular weight is 316 g/mol. The van der Waals surface area contributed by atoms with Gasteiger partial charge in [0.15, 0.2) is 0 Å². The number of halogens is 1. The Balaban J connectivity index is 2.08. The second kappa shape index (κ2) is 6.59. The minimum absolute atomic E-state index is 0.664. The van der Waals surface area contributed by atoms with Crippen molar-refractivity contribution in [2.75, 3.05) is 23.0 Å². The zero-order valence-electron chi connectivity index (χ0n) is 10.1. The lowest BCUT2D eigenvalue weighted by Crippen LogP contribution is -2.30. The average Bonchev–Trinajstić information content (AvgIpc) is 2.84. The predicted octanol–water partition coefficient (Wildman–Crippen LogP) is 3.34. The Labute approximate surface area is 116 Å². The number of alkyl halides is 1. The van der Waals surface area contributed by atoms with Gasteiger partial charge in [-0.2, -0.15) is 0 Å². The fourth-order valence-corrected chi connectivity index (χ4v) is 3.05. The van der Waals surface area contributed by atoms with Crippen LogP contribution in [0.15, 0.2) is 17.4 Å². The van der Waals surface area contributed by atoms with Crippen LogP contribution in [0.2, 0.25) is 0 Å². The van der Waals surface area contributed by atoms with Crippen LogP contribution in [0.5, 0.6) is 0 Å². The Morgan fingerprint density at radius 1 is 1.53 bits per heavy atom. The molecule has 1 aliphatic rings. The van der Waals surface area contributed by atoms with Gasteiger partial charge >= 0.3 is 0 Å². The van der Waals surface area contributed by atoms with Crippen molar-refractivity contribution in [3.8, 4) is 0 Å². The summed E-state index contributed by atoms with van der Waals surface area (Å²) in [5, 5.41) is 2.15. The lowest BCUT2D eigenvalue weighted by Gasteiger charge is -2.25.